The van der Waals surface area contributed by atoms with Gasteiger partial charge < -0.3 is 35.0 Å². The van der Waals surface area contributed by atoms with Crippen LogP contribution in [-0.4, -0.2) is 74.6 Å². The summed E-state index contributed by atoms with van der Waals surface area (Å²) in [4.78, 5) is 0. The van der Waals surface area contributed by atoms with Gasteiger partial charge in [0.05, 0.1) is 18.3 Å². The summed E-state index contributed by atoms with van der Waals surface area (Å²) < 4.78 is 11.1. The van der Waals surface area contributed by atoms with Crippen molar-refractivity contribution in [3.63, 3.8) is 0 Å². The maximum atomic E-state index is 10.7. The summed E-state index contributed by atoms with van der Waals surface area (Å²) in [5, 5.41) is 49.5. The summed E-state index contributed by atoms with van der Waals surface area (Å²) in [6.45, 7) is 7.56. The Hall–Kier alpha value is -0.540. The Kier molecular flexibility index (Phi) is 4.12. The van der Waals surface area contributed by atoms with Crippen LogP contribution in [0, 0.1) is 11.3 Å². The molecule has 3 saturated carbocycles. The number of fused-ring (bicyclic) bond motifs is 2. The molecule has 4 rings (SSSR count). The number of aliphatic hydroxyl groups is 5. The average molecular weight is 330 g/mol. The van der Waals surface area contributed by atoms with E-state index in [1.165, 1.54) is 0 Å². The largest absolute Gasteiger partial charge is 0.394 e. The van der Waals surface area contributed by atoms with E-state index in [-0.39, 0.29) is 11.3 Å². The van der Waals surface area contributed by atoms with Gasteiger partial charge in [0.1, 0.15) is 24.4 Å². The molecule has 1 heterocycles. The first-order valence-corrected chi connectivity index (χ1v) is 7.99. The van der Waals surface area contributed by atoms with Crippen LogP contribution in [-0.2, 0) is 9.47 Å². The Morgan fingerprint density at radius 2 is 1.83 bits per heavy atom. The number of ether oxygens (including phenoxy) is 2. The van der Waals surface area contributed by atoms with Gasteiger partial charge in [-0.1, -0.05) is 20.4 Å². The molecule has 7 heteroatoms. The first kappa shape index (κ1) is 17.3. The predicted octanol–water partition coefficient (Wildman–Crippen LogP) is -1.09. The summed E-state index contributed by atoms with van der Waals surface area (Å²) in [7, 11) is 0. The Morgan fingerprint density at radius 1 is 1.17 bits per heavy atom. The molecule has 0 radical (unpaired) electrons. The molecule has 4 aliphatic rings. The average Bonchev–Trinajstić information content (AvgIpc) is 2.50. The zero-order valence-corrected chi connectivity index (χ0v) is 13.4. The fourth-order valence-electron chi connectivity index (χ4n) is 4.13. The van der Waals surface area contributed by atoms with Gasteiger partial charge in [0.2, 0.25) is 0 Å². The van der Waals surface area contributed by atoms with Crippen molar-refractivity contribution in [1.82, 2.24) is 0 Å². The van der Waals surface area contributed by atoms with E-state index >= 15 is 0 Å². The van der Waals surface area contributed by atoms with E-state index in [1.807, 2.05) is 13.8 Å². The molecular weight excluding hydrogens is 304 g/mol. The number of hydrogen-bond acceptors (Lipinski definition) is 7. The third-order valence-electron chi connectivity index (χ3n) is 6.14. The van der Waals surface area contributed by atoms with E-state index in [2.05, 4.69) is 6.58 Å². The van der Waals surface area contributed by atoms with Crippen molar-refractivity contribution in [2.45, 2.75) is 69.1 Å². The quantitative estimate of drug-likeness (QED) is 0.417. The van der Waals surface area contributed by atoms with Gasteiger partial charge in [0.25, 0.3) is 0 Å². The molecule has 0 amide bonds. The Morgan fingerprint density at radius 3 is 2.39 bits per heavy atom. The van der Waals surface area contributed by atoms with Crippen molar-refractivity contribution in [3.8, 4) is 0 Å². The van der Waals surface area contributed by atoms with Crippen LogP contribution >= 0.6 is 0 Å². The summed E-state index contributed by atoms with van der Waals surface area (Å²) in [5.74, 6) is 0.121. The van der Waals surface area contributed by atoms with Gasteiger partial charge in [-0.05, 0) is 17.9 Å². The number of hydrogen-bond donors (Lipinski definition) is 5. The summed E-state index contributed by atoms with van der Waals surface area (Å²) in [6, 6.07) is 0. The van der Waals surface area contributed by atoms with E-state index in [4.69, 9.17) is 9.47 Å². The lowest BCUT2D eigenvalue weighted by molar-refractivity contribution is -0.322. The highest BCUT2D eigenvalue weighted by atomic mass is 16.7. The predicted molar refractivity (Wildman–Crippen MR) is 79.2 cm³/mol. The monoisotopic (exact) mass is 330 g/mol. The van der Waals surface area contributed by atoms with Gasteiger partial charge in [-0.25, -0.2) is 0 Å². The van der Waals surface area contributed by atoms with Crippen molar-refractivity contribution in [2.24, 2.45) is 11.3 Å². The van der Waals surface area contributed by atoms with E-state index in [1.54, 1.807) is 0 Å². The van der Waals surface area contributed by atoms with E-state index in [9.17, 15) is 25.5 Å². The van der Waals surface area contributed by atoms with Crippen molar-refractivity contribution in [1.29, 1.82) is 0 Å². The second kappa shape index (κ2) is 5.49. The van der Waals surface area contributed by atoms with Crippen LogP contribution in [0.5, 0.6) is 0 Å². The molecule has 132 valence electrons. The first-order valence-electron chi connectivity index (χ1n) is 7.99. The molecular formula is C16H26O7. The Labute approximate surface area is 135 Å². The van der Waals surface area contributed by atoms with Gasteiger partial charge in [0, 0.05) is 11.8 Å². The smallest absolute Gasteiger partial charge is 0.187 e. The Balaban J connectivity index is 1.71. The molecule has 1 aliphatic heterocycles. The van der Waals surface area contributed by atoms with Crippen molar-refractivity contribution in [3.05, 3.63) is 12.2 Å². The lowest BCUT2D eigenvalue weighted by Gasteiger charge is -2.65. The zero-order chi connectivity index (χ0) is 17.2. The maximum absolute atomic E-state index is 10.7. The highest BCUT2D eigenvalue weighted by Crippen LogP contribution is 2.64. The lowest BCUT2D eigenvalue weighted by atomic mass is 9.44. The van der Waals surface area contributed by atoms with E-state index < -0.39 is 49.0 Å². The minimum atomic E-state index is -1.48. The van der Waals surface area contributed by atoms with E-state index in [0.29, 0.717) is 12.8 Å². The SMILES string of the molecule is C=C1C(OC2OC(CO)C(O)C(O)C2O)CC2(O)CC1C2(C)C. The van der Waals surface area contributed by atoms with Crippen molar-refractivity contribution < 1.29 is 35.0 Å². The second-order valence-corrected chi connectivity index (χ2v) is 7.61. The summed E-state index contributed by atoms with van der Waals surface area (Å²) in [5.41, 5.74) is -0.278. The van der Waals surface area contributed by atoms with Crippen LogP contribution in [0.2, 0.25) is 0 Å². The fourth-order valence-corrected chi connectivity index (χ4v) is 4.13. The highest BCUT2D eigenvalue weighted by molar-refractivity contribution is 5.29. The molecule has 0 aromatic rings. The third-order valence-corrected chi connectivity index (χ3v) is 6.14. The molecule has 3 aliphatic carbocycles. The summed E-state index contributed by atoms with van der Waals surface area (Å²) in [6.07, 6.45) is -6.06. The van der Waals surface area contributed by atoms with Crippen LogP contribution in [0.25, 0.3) is 0 Å². The van der Waals surface area contributed by atoms with Crippen molar-refractivity contribution in [2.75, 3.05) is 6.61 Å². The normalized spacial score (nSPS) is 52.1. The minimum Gasteiger partial charge on any atom is -0.394 e. The lowest BCUT2D eigenvalue weighted by Crippen LogP contribution is -2.68. The Bertz CT molecular complexity index is 491. The molecule has 0 aromatic carbocycles. The van der Waals surface area contributed by atoms with Crippen LogP contribution in [0.3, 0.4) is 0 Å². The standard InChI is InChI=1S/C16H26O7/c1-7-8-4-16(21,15(8,2)3)5-9(7)22-14-13(20)12(19)11(18)10(6-17)23-14/h8-14,17-21H,1,4-6H2,2-3H3. The molecule has 4 fully saturated rings. The highest BCUT2D eigenvalue weighted by Gasteiger charge is 2.65. The molecule has 8 unspecified atom stereocenters. The van der Waals surface area contributed by atoms with Crippen LogP contribution in [0.4, 0.5) is 0 Å². The van der Waals surface area contributed by atoms with Gasteiger partial charge >= 0.3 is 0 Å². The second-order valence-electron chi connectivity index (χ2n) is 7.61. The zero-order valence-electron chi connectivity index (χ0n) is 13.4. The van der Waals surface area contributed by atoms with Crippen LogP contribution < -0.4 is 0 Å². The van der Waals surface area contributed by atoms with Gasteiger partial charge in [-0.3, -0.25) is 0 Å². The molecule has 7 nitrogen and oxygen atoms in total. The number of aliphatic hydroxyl groups excluding tert-OH is 4. The van der Waals surface area contributed by atoms with Crippen LogP contribution in [0.1, 0.15) is 26.7 Å². The molecule has 8 atom stereocenters. The van der Waals surface area contributed by atoms with E-state index in [0.717, 1.165) is 5.57 Å². The van der Waals surface area contributed by atoms with Gasteiger partial charge in [0.15, 0.2) is 6.29 Å². The minimum absolute atomic E-state index is 0.121. The van der Waals surface area contributed by atoms with Gasteiger partial charge in [-0.2, -0.15) is 0 Å². The molecule has 2 bridgehead atoms. The van der Waals surface area contributed by atoms with Crippen LogP contribution in [0.15, 0.2) is 12.2 Å². The topological polar surface area (TPSA) is 120 Å². The maximum Gasteiger partial charge on any atom is 0.187 e. The summed E-state index contributed by atoms with van der Waals surface area (Å²) >= 11 is 0. The third kappa shape index (κ3) is 2.38. The first-order chi connectivity index (χ1) is 10.6. The molecule has 5 N–H and O–H groups in total. The molecule has 0 spiro atoms. The molecule has 1 saturated heterocycles. The van der Waals surface area contributed by atoms with Gasteiger partial charge in [-0.15, -0.1) is 0 Å². The number of rotatable bonds is 3. The molecule has 0 aromatic heterocycles. The van der Waals surface area contributed by atoms with Crippen molar-refractivity contribution >= 4 is 0 Å². The molecule has 23 heavy (non-hydrogen) atoms. The fraction of sp³-hybridized carbons (Fsp3) is 0.875.